The maximum absolute atomic E-state index is 12.0. The van der Waals surface area contributed by atoms with Crippen molar-refractivity contribution in [1.29, 1.82) is 0 Å². The molecule has 7 nitrogen and oxygen atoms in total. The van der Waals surface area contributed by atoms with Gasteiger partial charge in [-0.25, -0.2) is 4.79 Å². The zero-order chi connectivity index (χ0) is 18.0. The highest BCUT2D eigenvalue weighted by Crippen LogP contribution is 2.27. The summed E-state index contributed by atoms with van der Waals surface area (Å²) in [5, 5.41) is 19.0. The lowest BCUT2D eigenvalue weighted by Gasteiger charge is -2.14. The second-order valence-electron chi connectivity index (χ2n) is 5.94. The summed E-state index contributed by atoms with van der Waals surface area (Å²) >= 11 is 0. The molecular weight excluding hydrogens is 324 g/mol. The van der Waals surface area contributed by atoms with Crippen LogP contribution in [-0.4, -0.2) is 38.6 Å². The highest BCUT2D eigenvalue weighted by Gasteiger charge is 2.35. The summed E-state index contributed by atoms with van der Waals surface area (Å²) in [6, 6.07) is 7.51. The number of nitrogens with one attached hydrogen (secondary N) is 1. The van der Waals surface area contributed by atoms with Crippen LogP contribution in [0.1, 0.15) is 29.3 Å². The predicted octanol–water partition coefficient (Wildman–Crippen LogP) is -0.114. The van der Waals surface area contributed by atoms with Crippen LogP contribution in [0.3, 0.4) is 0 Å². The molecule has 1 aliphatic rings. The van der Waals surface area contributed by atoms with E-state index in [1.807, 2.05) is 31.2 Å². The van der Waals surface area contributed by atoms with Gasteiger partial charge in [0.25, 0.3) is 5.56 Å². The van der Waals surface area contributed by atoms with Gasteiger partial charge in [0.05, 0.1) is 12.7 Å². The molecule has 25 heavy (non-hydrogen) atoms. The third kappa shape index (κ3) is 3.72. The molecule has 130 valence electrons. The molecule has 1 aromatic carbocycles. The average molecular weight is 342 g/mol. The SMILES string of the molecule is Cc1ccc(C#Cc2cn(C3C[C@@H](O)C(CO)O3)c(=O)[nH]c2=O)cc1. The summed E-state index contributed by atoms with van der Waals surface area (Å²) in [6.45, 7) is 1.61. The molecule has 0 amide bonds. The fourth-order valence-electron chi connectivity index (χ4n) is 2.61. The first-order valence-electron chi connectivity index (χ1n) is 7.86. The van der Waals surface area contributed by atoms with Crippen LogP contribution in [0.4, 0.5) is 0 Å². The molecule has 1 fully saturated rings. The Hall–Kier alpha value is -2.66. The molecular formula is C18H18N2O5. The van der Waals surface area contributed by atoms with Gasteiger partial charge in [0.2, 0.25) is 0 Å². The molecule has 0 bridgehead atoms. The molecule has 0 radical (unpaired) electrons. The van der Waals surface area contributed by atoms with Crippen LogP contribution in [0, 0.1) is 18.8 Å². The summed E-state index contributed by atoms with van der Waals surface area (Å²) < 4.78 is 6.63. The van der Waals surface area contributed by atoms with Gasteiger partial charge in [-0.1, -0.05) is 29.5 Å². The molecule has 0 aliphatic carbocycles. The van der Waals surface area contributed by atoms with E-state index in [1.165, 1.54) is 10.8 Å². The highest BCUT2D eigenvalue weighted by molar-refractivity contribution is 5.41. The molecule has 0 saturated carbocycles. The second kappa shape index (κ2) is 7.07. The van der Waals surface area contributed by atoms with Crippen molar-refractivity contribution in [1.82, 2.24) is 9.55 Å². The molecule has 2 unspecified atom stereocenters. The number of rotatable bonds is 2. The number of aromatic amines is 1. The highest BCUT2D eigenvalue weighted by atomic mass is 16.5. The number of aryl methyl sites for hydroxylation is 1. The standard InChI is InChI=1S/C18H18N2O5/c1-11-2-4-12(5-3-11)6-7-13-9-20(18(24)19-17(13)23)16-8-14(22)15(10-21)25-16/h2-5,9,14-16,21-22H,8,10H2,1H3,(H,19,23,24)/t14-,15?,16?/m1/s1. The maximum Gasteiger partial charge on any atom is 0.330 e. The zero-order valence-corrected chi connectivity index (χ0v) is 13.6. The third-order valence-electron chi connectivity index (χ3n) is 4.06. The van der Waals surface area contributed by atoms with E-state index in [9.17, 15) is 14.7 Å². The van der Waals surface area contributed by atoms with Gasteiger partial charge in [0, 0.05) is 18.2 Å². The van der Waals surface area contributed by atoms with Gasteiger partial charge in [-0.2, -0.15) is 0 Å². The monoisotopic (exact) mass is 342 g/mol. The third-order valence-corrected chi connectivity index (χ3v) is 4.06. The summed E-state index contributed by atoms with van der Waals surface area (Å²) in [7, 11) is 0. The summed E-state index contributed by atoms with van der Waals surface area (Å²) in [5.41, 5.74) is 0.730. The van der Waals surface area contributed by atoms with E-state index in [2.05, 4.69) is 16.8 Å². The van der Waals surface area contributed by atoms with Crippen LogP contribution < -0.4 is 11.2 Å². The Labute approximate surface area is 143 Å². The van der Waals surface area contributed by atoms with E-state index >= 15 is 0 Å². The molecule has 3 rings (SSSR count). The van der Waals surface area contributed by atoms with Crippen molar-refractivity contribution < 1.29 is 14.9 Å². The largest absolute Gasteiger partial charge is 0.394 e. The second-order valence-corrected chi connectivity index (χ2v) is 5.94. The number of aliphatic hydroxyl groups excluding tert-OH is 2. The van der Waals surface area contributed by atoms with Crippen LogP contribution in [-0.2, 0) is 4.74 Å². The predicted molar refractivity (Wildman–Crippen MR) is 90.1 cm³/mol. The van der Waals surface area contributed by atoms with Crippen LogP contribution in [0.25, 0.3) is 0 Å². The fraction of sp³-hybridized carbons (Fsp3) is 0.333. The minimum Gasteiger partial charge on any atom is -0.394 e. The molecule has 3 N–H and O–H groups in total. The smallest absolute Gasteiger partial charge is 0.330 e. The Morgan fingerprint density at radius 1 is 1.28 bits per heavy atom. The number of hydrogen-bond acceptors (Lipinski definition) is 5. The molecule has 3 atom stereocenters. The first kappa shape index (κ1) is 17.2. The van der Waals surface area contributed by atoms with Gasteiger partial charge in [-0.3, -0.25) is 14.3 Å². The van der Waals surface area contributed by atoms with Crippen LogP contribution in [0.15, 0.2) is 40.1 Å². The molecule has 2 heterocycles. The van der Waals surface area contributed by atoms with Gasteiger partial charge >= 0.3 is 5.69 Å². The van der Waals surface area contributed by atoms with Crippen molar-refractivity contribution in [3.63, 3.8) is 0 Å². The number of nitrogens with zero attached hydrogens (tertiary/aromatic N) is 1. The van der Waals surface area contributed by atoms with E-state index in [-0.39, 0.29) is 18.6 Å². The van der Waals surface area contributed by atoms with Crippen molar-refractivity contribution in [2.24, 2.45) is 0 Å². The lowest BCUT2D eigenvalue weighted by atomic mass is 10.1. The van der Waals surface area contributed by atoms with Crippen LogP contribution in [0.2, 0.25) is 0 Å². The fourth-order valence-corrected chi connectivity index (χ4v) is 2.61. The Bertz CT molecular complexity index is 933. The van der Waals surface area contributed by atoms with Gasteiger partial charge in [-0.05, 0) is 19.1 Å². The minimum absolute atomic E-state index is 0.116. The quantitative estimate of drug-likeness (QED) is 0.661. The van der Waals surface area contributed by atoms with Crippen molar-refractivity contribution in [3.8, 4) is 11.8 Å². The lowest BCUT2D eigenvalue weighted by Crippen LogP contribution is -2.33. The van der Waals surface area contributed by atoms with Gasteiger partial charge in [0.1, 0.15) is 17.9 Å². The summed E-state index contributed by atoms with van der Waals surface area (Å²) in [6.07, 6.45) is -0.945. The van der Waals surface area contributed by atoms with E-state index < -0.39 is 29.7 Å². The Morgan fingerprint density at radius 2 is 2.00 bits per heavy atom. The van der Waals surface area contributed by atoms with Crippen molar-refractivity contribution in [3.05, 3.63) is 68.0 Å². The number of aliphatic hydroxyl groups is 2. The van der Waals surface area contributed by atoms with E-state index in [0.717, 1.165) is 11.1 Å². The van der Waals surface area contributed by atoms with Gasteiger partial charge in [-0.15, -0.1) is 0 Å². The molecule has 1 saturated heterocycles. The topological polar surface area (TPSA) is 105 Å². The van der Waals surface area contributed by atoms with Crippen LogP contribution >= 0.6 is 0 Å². The average Bonchev–Trinajstić information content (AvgIpc) is 2.96. The normalized spacial score (nSPS) is 22.4. The van der Waals surface area contributed by atoms with Gasteiger partial charge in [0.15, 0.2) is 0 Å². The van der Waals surface area contributed by atoms with Gasteiger partial charge < -0.3 is 14.9 Å². The minimum atomic E-state index is -0.879. The molecule has 1 aromatic heterocycles. The maximum atomic E-state index is 12.0. The Morgan fingerprint density at radius 3 is 2.64 bits per heavy atom. The molecule has 2 aromatic rings. The summed E-state index contributed by atoms with van der Waals surface area (Å²) in [5.74, 6) is 5.63. The van der Waals surface area contributed by atoms with Crippen molar-refractivity contribution in [2.45, 2.75) is 31.8 Å². The van der Waals surface area contributed by atoms with E-state index in [1.54, 1.807) is 0 Å². The van der Waals surface area contributed by atoms with E-state index in [0.29, 0.717) is 0 Å². The molecule has 0 spiro atoms. The number of H-pyrrole nitrogens is 1. The first-order chi connectivity index (χ1) is 12.0. The zero-order valence-electron chi connectivity index (χ0n) is 13.6. The first-order valence-corrected chi connectivity index (χ1v) is 7.86. The van der Waals surface area contributed by atoms with Crippen LogP contribution in [0.5, 0.6) is 0 Å². The summed E-state index contributed by atoms with van der Waals surface area (Å²) in [4.78, 5) is 26.2. The number of ether oxygens (including phenoxy) is 1. The molecule has 1 aliphatic heterocycles. The molecule has 7 heteroatoms. The number of aromatic nitrogens is 2. The lowest BCUT2D eigenvalue weighted by molar-refractivity contribution is -0.0459. The van der Waals surface area contributed by atoms with E-state index in [4.69, 9.17) is 9.84 Å². The Balaban J connectivity index is 1.93. The Kier molecular flexibility index (Phi) is 4.86. The van der Waals surface area contributed by atoms with Crippen molar-refractivity contribution >= 4 is 0 Å². The number of hydrogen-bond donors (Lipinski definition) is 3. The van der Waals surface area contributed by atoms with Crippen molar-refractivity contribution in [2.75, 3.05) is 6.61 Å². The number of benzene rings is 1.